The lowest BCUT2D eigenvalue weighted by Gasteiger charge is -2.17. The zero-order valence-electron chi connectivity index (χ0n) is 18.9. The van der Waals surface area contributed by atoms with Crippen molar-refractivity contribution in [3.05, 3.63) is 77.1 Å². The lowest BCUT2D eigenvalue weighted by atomic mass is 10.1. The van der Waals surface area contributed by atoms with E-state index in [4.69, 9.17) is 16.3 Å². The van der Waals surface area contributed by atoms with Crippen LogP contribution in [0.25, 0.3) is 0 Å². The van der Waals surface area contributed by atoms with Gasteiger partial charge >= 0.3 is 0 Å². The first-order valence-electron chi connectivity index (χ1n) is 10.8. The van der Waals surface area contributed by atoms with E-state index in [9.17, 15) is 33.2 Å². The molecular formula is C24H26ClFN2O7S. The molecule has 3 aromatic rings. The number of halogens is 2. The Kier molecular flexibility index (Phi) is 9.35. The maximum absolute atomic E-state index is 13.1. The highest BCUT2D eigenvalue weighted by atomic mass is 35.5. The molecule has 12 heteroatoms. The molecule has 0 aliphatic carbocycles. The summed E-state index contributed by atoms with van der Waals surface area (Å²) in [6, 6.07) is 12.8. The summed E-state index contributed by atoms with van der Waals surface area (Å²) >= 11 is 5.87. The molecule has 0 spiro atoms. The van der Waals surface area contributed by atoms with Gasteiger partial charge < -0.3 is 25.2 Å². The van der Waals surface area contributed by atoms with E-state index in [0.29, 0.717) is 12.8 Å². The highest BCUT2D eigenvalue weighted by molar-refractivity contribution is 7.92. The van der Waals surface area contributed by atoms with Gasteiger partial charge in [0.15, 0.2) is 0 Å². The van der Waals surface area contributed by atoms with Crippen LogP contribution in [0.5, 0.6) is 17.2 Å². The number of aliphatic hydroxyl groups excluding tert-OH is 2. The molecule has 1 unspecified atom stereocenters. The van der Waals surface area contributed by atoms with Gasteiger partial charge in [0.1, 0.15) is 42.0 Å². The molecule has 0 heterocycles. The topological polar surface area (TPSA) is 148 Å². The van der Waals surface area contributed by atoms with Crippen LogP contribution in [0.3, 0.4) is 0 Å². The summed E-state index contributed by atoms with van der Waals surface area (Å²) in [6.45, 7) is -0.165. The van der Waals surface area contributed by atoms with Crippen molar-refractivity contribution in [2.75, 3.05) is 17.9 Å². The maximum atomic E-state index is 13.1. The van der Waals surface area contributed by atoms with Crippen LogP contribution in [0.4, 0.5) is 10.1 Å². The number of hydrogen-bond donors (Lipinski definition) is 6. The number of aliphatic hydroxyl groups is 2. The van der Waals surface area contributed by atoms with Crippen molar-refractivity contribution in [2.45, 2.75) is 30.1 Å². The number of ether oxygens (including phenoxy) is 1. The minimum atomic E-state index is -4.09. The first-order valence-corrected chi connectivity index (χ1v) is 12.7. The van der Waals surface area contributed by atoms with Crippen LogP contribution in [0, 0.1) is 5.82 Å². The lowest BCUT2D eigenvalue weighted by molar-refractivity contribution is 0.0712. The Morgan fingerprint density at radius 3 is 2.36 bits per heavy atom. The second-order valence-corrected chi connectivity index (χ2v) is 10.0. The van der Waals surface area contributed by atoms with Crippen LogP contribution in [0.1, 0.15) is 12.0 Å². The lowest BCUT2D eigenvalue weighted by Crippen LogP contribution is -2.38. The third-order valence-electron chi connectivity index (χ3n) is 5.09. The fraction of sp³-hybridized carbons (Fsp3) is 0.250. The zero-order chi connectivity index (χ0) is 26.3. The van der Waals surface area contributed by atoms with Gasteiger partial charge in [0.2, 0.25) is 0 Å². The average Bonchev–Trinajstić information content (AvgIpc) is 2.84. The molecule has 3 rings (SSSR count). The molecule has 36 heavy (non-hydrogen) atoms. The van der Waals surface area contributed by atoms with Gasteiger partial charge in [0.25, 0.3) is 10.0 Å². The summed E-state index contributed by atoms with van der Waals surface area (Å²) in [6.07, 6.45) is -1.08. The van der Waals surface area contributed by atoms with Crippen LogP contribution in [0.2, 0.25) is 5.02 Å². The van der Waals surface area contributed by atoms with Gasteiger partial charge in [-0.05, 0) is 66.9 Å². The molecule has 194 valence electrons. The van der Waals surface area contributed by atoms with Gasteiger partial charge in [0.05, 0.1) is 15.6 Å². The van der Waals surface area contributed by atoms with E-state index in [1.165, 1.54) is 24.3 Å². The Morgan fingerprint density at radius 1 is 0.972 bits per heavy atom. The van der Waals surface area contributed by atoms with Crippen LogP contribution in [-0.4, -0.2) is 54.3 Å². The van der Waals surface area contributed by atoms with E-state index < -0.39 is 28.2 Å². The van der Waals surface area contributed by atoms with E-state index in [2.05, 4.69) is 10.0 Å². The van der Waals surface area contributed by atoms with Gasteiger partial charge in [-0.1, -0.05) is 17.7 Å². The van der Waals surface area contributed by atoms with E-state index in [1.807, 2.05) is 0 Å². The molecular weight excluding hydrogens is 515 g/mol. The van der Waals surface area contributed by atoms with E-state index in [-0.39, 0.29) is 46.0 Å². The number of phenols is 2. The van der Waals surface area contributed by atoms with Gasteiger partial charge in [0, 0.05) is 12.6 Å². The average molecular weight is 541 g/mol. The SMILES string of the molecule is O=S(=O)(Nc1cc(OCC(O)CN[C@@H](O)CCc2ccc(O)c(Cl)c2)ccc1O)c1ccc(F)cc1. The van der Waals surface area contributed by atoms with Crippen LogP contribution >= 0.6 is 11.6 Å². The smallest absolute Gasteiger partial charge is 0.262 e. The quantitative estimate of drug-likeness (QED) is 0.152. The van der Waals surface area contributed by atoms with Crippen LogP contribution in [-0.2, 0) is 16.4 Å². The summed E-state index contributed by atoms with van der Waals surface area (Å²) in [7, 11) is -4.09. The zero-order valence-corrected chi connectivity index (χ0v) is 20.5. The summed E-state index contributed by atoms with van der Waals surface area (Å²) < 4.78 is 45.8. The summed E-state index contributed by atoms with van der Waals surface area (Å²) in [5, 5.41) is 42.7. The first-order chi connectivity index (χ1) is 17.0. The predicted molar refractivity (Wildman–Crippen MR) is 132 cm³/mol. The molecule has 0 aliphatic rings. The number of nitrogens with one attached hydrogen (secondary N) is 2. The van der Waals surface area contributed by atoms with Gasteiger partial charge in [-0.2, -0.15) is 0 Å². The van der Waals surface area contributed by atoms with Crippen molar-refractivity contribution < 1.29 is 38.0 Å². The van der Waals surface area contributed by atoms with Crippen LogP contribution < -0.4 is 14.8 Å². The van der Waals surface area contributed by atoms with Crippen molar-refractivity contribution in [3.8, 4) is 17.2 Å². The first kappa shape index (κ1) is 27.5. The highest BCUT2D eigenvalue weighted by Gasteiger charge is 2.17. The molecule has 2 atom stereocenters. The van der Waals surface area contributed by atoms with Crippen molar-refractivity contribution >= 4 is 27.3 Å². The monoisotopic (exact) mass is 540 g/mol. The minimum absolute atomic E-state index is 0.0135. The van der Waals surface area contributed by atoms with Gasteiger partial charge in [-0.25, -0.2) is 12.8 Å². The largest absolute Gasteiger partial charge is 0.506 e. The predicted octanol–water partition coefficient (Wildman–Crippen LogP) is 2.97. The number of anilines is 1. The maximum Gasteiger partial charge on any atom is 0.262 e. The number of phenolic OH excluding ortho intramolecular Hbond substituents is 2. The highest BCUT2D eigenvalue weighted by Crippen LogP contribution is 2.30. The molecule has 0 radical (unpaired) electrons. The molecule has 0 amide bonds. The summed E-state index contributed by atoms with van der Waals surface area (Å²) in [5.74, 6) is -0.787. The fourth-order valence-corrected chi connectivity index (χ4v) is 4.41. The molecule has 3 aromatic carbocycles. The van der Waals surface area contributed by atoms with E-state index in [1.54, 1.807) is 12.1 Å². The standard InChI is InChI=1S/C24H26ClFN2O7S/c25-20-11-15(1-8-22(20)30)2-10-24(32)27-13-17(29)14-35-18-5-9-23(31)21(12-18)28-36(33,34)19-6-3-16(26)4-7-19/h1,3-9,11-12,17,24,27-32H,2,10,13-14H2/t17?,24-/m0/s1. The fourth-order valence-electron chi connectivity index (χ4n) is 3.14. The minimum Gasteiger partial charge on any atom is -0.506 e. The molecule has 0 saturated heterocycles. The molecule has 0 aromatic heterocycles. The molecule has 0 fully saturated rings. The van der Waals surface area contributed by atoms with Crippen molar-refractivity contribution in [2.24, 2.45) is 0 Å². The number of benzene rings is 3. The normalized spacial score (nSPS) is 13.2. The van der Waals surface area contributed by atoms with E-state index >= 15 is 0 Å². The molecule has 0 saturated carbocycles. The third-order valence-corrected chi connectivity index (χ3v) is 6.77. The summed E-state index contributed by atoms with van der Waals surface area (Å²) in [4.78, 5) is -0.191. The summed E-state index contributed by atoms with van der Waals surface area (Å²) in [5.41, 5.74) is 0.676. The molecule has 0 aliphatic heterocycles. The number of aromatic hydroxyl groups is 2. The van der Waals surface area contributed by atoms with Crippen LogP contribution in [0.15, 0.2) is 65.6 Å². The Bertz CT molecular complexity index is 1280. The van der Waals surface area contributed by atoms with Gasteiger partial charge in [-0.15, -0.1) is 0 Å². The molecule has 6 N–H and O–H groups in total. The Labute approximate surface area is 212 Å². The number of rotatable bonds is 12. The Balaban J connectivity index is 1.48. The van der Waals surface area contributed by atoms with E-state index in [0.717, 1.165) is 29.8 Å². The third kappa shape index (κ3) is 7.97. The Hall–Kier alpha value is -3.09. The van der Waals surface area contributed by atoms with Crippen molar-refractivity contribution in [1.29, 1.82) is 0 Å². The second kappa shape index (κ2) is 12.2. The Morgan fingerprint density at radius 2 is 1.67 bits per heavy atom. The molecule has 0 bridgehead atoms. The van der Waals surface area contributed by atoms with Crippen molar-refractivity contribution in [1.82, 2.24) is 5.32 Å². The second-order valence-electron chi connectivity index (χ2n) is 7.95. The number of aryl methyl sites for hydroxylation is 1. The molecule has 9 nitrogen and oxygen atoms in total. The van der Waals surface area contributed by atoms with Crippen molar-refractivity contribution in [3.63, 3.8) is 0 Å². The number of hydrogen-bond acceptors (Lipinski definition) is 8. The van der Waals surface area contributed by atoms with Gasteiger partial charge in [-0.3, -0.25) is 10.0 Å². The number of sulfonamides is 1.